The third-order valence-corrected chi connectivity index (χ3v) is 4.59. The van der Waals surface area contributed by atoms with Crippen molar-refractivity contribution >= 4 is 0 Å². The van der Waals surface area contributed by atoms with Crippen molar-refractivity contribution in [2.24, 2.45) is 0 Å². The smallest absolute Gasteiger partial charge is 0.123 e. The molecule has 0 aliphatic heterocycles. The second kappa shape index (κ2) is 8.65. The maximum atomic E-state index is 13.5. The summed E-state index contributed by atoms with van der Waals surface area (Å²) >= 11 is 0. The minimum atomic E-state index is -0.199. The minimum Gasteiger partial charge on any atom is -0.496 e. The zero-order valence-electron chi connectivity index (χ0n) is 15.4. The summed E-state index contributed by atoms with van der Waals surface area (Å²) in [6.45, 7) is 3.02. The Labute approximate surface area is 154 Å². The normalized spacial score (nSPS) is 10.9. The molecule has 0 fully saturated rings. The number of benzene rings is 2. The van der Waals surface area contributed by atoms with Crippen molar-refractivity contribution in [3.63, 3.8) is 0 Å². The van der Waals surface area contributed by atoms with Crippen LogP contribution in [0, 0.1) is 5.82 Å². The molecule has 0 radical (unpaired) electrons. The number of aromatic nitrogens is 2. The van der Waals surface area contributed by atoms with E-state index in [1.54, 1.807) is 19.2 Å². The van der Waals surface area contributed by atoms with E-state index in [1.165, 1.54) is 17.3 Å². The lowest BCUT2D eigenvalue weighted by Crippen LogP contribution is -2.07. The summed E-state index contributed by atoms with van der Waals surface area (Å²) in [5.74, 6) is 0.722. The Morgan fingerprint density at radius 1 is 1.08 bits per heavy atom. The van der Waals surface area contributed by atoms with E-state index >= 15 is 0 Å². The summed E-state index contributed by atoms with van der Waals surface area (Å²) in [6.07, 6.45) is 5.48. The minimum absolute atomic E-state index is 0.199. The average molecular weight is 352 g/mol. The molecular formula is C22H25FN2O. The Kier molecular flexibility index (Phi) is 6.05. The Bertz CT molecular complexity index is 857. The number of methoxy groups -OCH3 is 1. The fraction of sp³-hybridized carbons (Fsp3) is 0.318. The first-order valence-electron chi connectivity index (χ1n) is 9.10. The molecule has 0 N–H and O–H groups in total. The molecule has 1 heterocycles. The number of hydrogen-bond acceptors (Lipinski definition) is 2. The molecule has 0 aliphatic rings. The van der Waals surface area contributed by atoms with Gasteiger partial charge in [0.1, 0.15) is 11.6 Å². The van der Waals surface area contributed by atoms with Gasteiger partial charge in [0.05, 0.1) is 19.1 Å². The van der Waals surface area contributed by atoms with Gasteiger partial charge in [-0.2, -0.15) is 0 Å². The molecule has 3 aromatic rings. The van der Waals surface area contributed by atoms with E-state index in [2.05, 4.69) is 22.5 Å². The second-order valence-corrected chi connectivity index (χ2v) is 6.45. The van der Waals surface area contributed by atoms with Gasteiger partial charge in [-0.3, -0.25) is 0 Å². The predicted octanol–water partition coefficient (Wildman–Crippen LogP) is 4.82. The SMILES string of the molecule is CCCc1c(Cc2cccc(F)c2)ncn1CCc1ccccc1OC. The highest BCUT2D eigenvalue weighted by molar-refractivity contribution is 5.33. The summed E-state index contributed by atoms with van der Waals surface area (Å²) < 4.78 is 21.1. The van der Waals surface area contributed by atoms with Crippen LogP contribution >= 0.6 is 0 Å². The highest BCUT2D eigenvalue weighted by atomic mass is 19.1. The van der Waals surface area contributed by atoms with Gasteiger partial charge in [0.15, 0.2) is 0 Å². The van der Waals surface area contributed by atoms with Crippen molar-refractivity contribution in [3.05, 3.63) is 83.2 Å². The Balaban J connectivity index is 1.78. The summed E-state index contributed by atoms with van der Waals surface area (Å²) in [6, 6.07) is 14.9. The van der Waals surface area contributed by atoms with Crippen LogP contribution < -0.4 is 4.74 Å². The average Bonchev–Trinajstić information content (AvgIpc) is 3.02. The van der Waals surface area contributed by atoms with E-state index in [-0.39, 0.29) is 5.82 Å². The quantitative estimate of drug-likeness (QED) is 0.581. The first-order chi connectivity index (χ1) is 12.7. The van der Waals surface area contributed by atoms with E-state index in [9.17, 15) is 4.39 Å². The molecular weight excluding hydrogens is 327 g/mol. The lowest BCUT2D eigenvalue weighted by Gasteiger charge is -2.12. The molecule has 0 spiro atoms. The standard InChI is InChI=1S/C22H25FN2O/c1-3-7-21-20(15-17-8-6-10-19(23)14-17)24-16-25(21)13-12-18-9-4-5-11-22(18)26-2/h4-6,8-11,14,16H,3,7,12-13,15H2,1-2H3. The summed E-state index contributed by atoms with van der Waals surface area (Å²) in [5.41, 5.74) is 4.43. The maximum absolute atomic E-state index is 13.5. The topological polar surface area (TPSA) is 27.1 Å². The summed E-state index contributed by atoms with van der Waals surface area (Å²) in [7, 11) is 1.70. The predicted molar refractivity (Wildman–Crippen MR) is 102 cm³/mol. The largest absolute Gasteiger partial charge is 0.496 e. The van der Waals surface area contributed by atoms with Gasteiger partial charge in [0.2, 0.25) is 0 Å². The third kappa shape index (κ3) is 4.31. The van der Waals surface area contributed by atoms with Crippen molar-refractivity contribution in [1.82, 2.24) is 9.55 Å². The van der Waals surface area contributed by atoms with Crippen LogP contribution in [0.1, 0.15) is 35.9 Å². The number of ether oxygens (including phenoxy) is 1. The van der Waals surface area contributed by atoms with Crippen LogP contribution in [-0.4, -0.2) is 16.7 Å². The van der Waals surface area contributed by atoms with Crippen molar-refractivity contribution in [2.75, 3.05) is 7.11 Å². The Morgan fingerprint density at radius 2 is 1.92 bits per heavy atom. The van der Waals surface area contributed by atoms with E-state index < -0.39 is 0 Å². The molecule has 26 heavy (non-hydrogen) atoms. The number of hydrogen-bond donors (Lipinski definition) is 0. The number of para-hydroxylation sites is 1. The zero-order valence-corrected chi connectivity index (χ0v) is 15.4. The van der Waals surface area contributed by atoms with E-state index in [1.807, 2.05) is 30.6 Å². The highest BCUT2D eigenvalue weighted by Gasteiger charge is 2.12. The molecule has 0 saturated heterocycles. The molecule has 3 rings (SSSR count). The van der Waals surface area contributed by atoms with Gasteiger partial charge >= 0.3 is 0 Å². The second-order valence-electron chi connectivity index (χ2n) is 6.45. The number of rotatable bonds is 8. The van der Waals surface area contributed by atoms with Crippen LogP contribution in [0.4, 0.5) is 4.39 Å². The van der Waals surface area contributed by atoms with Crippen LogP contribution in [0.3, 0.4) is 0 Å². The van der Waals surface area contributed by atoms with Crippen LogP contribution in [0.5, 0.6) is 5.75 Å². The van der Waals surface area contributed by atoms with Crippen LogP contribution in [0.25, 0.3) is 0 Å². The van der Waals surface area contributed by atoms with Gasteiger partial charge in [-0.25, -0.2) is 9.37 Å². The molecule has 0 atom stereocenters. The van der Waals surface area contributed by atoms with Gasteiger partial charge in [0.25, 0.3) is 0 Å². The molecule has 2 aromatic carbocycles. The molecule has 0 unspecified atom stereocenters. The van der Waals surface area contributed by atoms with Crippen LogP contribution in [0.15, 0.2) is 54.9 Å². The zero-order chi connectivity index (χ0) is 18.4. The maximum Gasteiger partial charge on any atom is 0.123 e. The van der Waals surface area contributed by atoms with Gasteiger partial charge in [-0.15, -0.1) is 0 Å². The molecule has 136 valence electrons. The monoisotopic (exact) mass is 352 g/mol. The molecule has 0 amide bonds. The van der Waals surface area contributed by atoms with Crippen molar-refractivity contribution in [2.45, 2.75) is 39.2 Å². The van der Waals surface area contributed by atoms with Gasteiger partial charge in [-0.1, -0.05) is 43.7 Å². The molecule has 0 saturated carbocycles. The molecule has 0 bridgehead atoms. The van der Waals surface area contributed by atoms with Crippen LogP contribution in [0.2, 0.25) is 0 Å². The van der Waals surface area contributed by atoms with E-state index in [0.29, 0.717) is 6.42 Å². The number of aryl methyl sites for hydroxylation is 2. The van der Waals surface area contributed by atoms with E-state index in [0.717, 1.165) is 42.8 Å². The lowest BCUT2D eigenvalue weighted by molar-refractivity contribution is 0.408. The number of halogens is 1. The molecule has 3 nitrogen and oxygen atoms in total. The summed E-state index contributed by atoms with van der Waals surface area (Å²) in [4.78, 5) is 4.62. The highest BCUT2D eigenvalue weighted by Crippen LogP contribution is 2.20. The lowest BCUT2D eigenvalue weighted by atomic mass is 10.1. The molecule has 0 aliphatic carbocycles. The van der Waals surface area contributed by atoms with Crippen molar-refractivity contribution in [1.29, 1.82) is 0 Å². The fourth-order valence-electron chi connectivity index (χ4n) is 3.31. The first-order valence-corrected chi connectivity index (χ1v) is 9.10. The molecule has 1 aromatic heterocycles. The fourth-order valence-corrected chi connectivity index (χ4v) is 3.31. The third-order valence-electron chi connectivity index (χ3n) is 4.59. The van der Waals surface area contributed by atoms with Gasteiger partial charge in [-0.05, 0) is 42.2 Å². The van der Waals surface area contributed by atoms with Crippen molar-refractivity contribution < 1.29 is 9.13 Å². The van der Waals surface area contributed by atoms with Crippen LogP contribution in [-0.2, 0) is 25.8 Å². The number of nitrogens with zero attached hydrogens (tertiary/aromatic N) is 2. The molecule has 4 heteroatoms. The number of imidazole rings is 1. The Morgan fingerprint density at radius 3 is 2.69 bits per heavy atom. The summed E-state index contributed by atoms with van der Waals surface area (Å²) in [5, 5.41) is 0. The first kappa shape index (κ1) is 18.2. The van der Waals surface area contributed by atoms with Gasteiger partial charge in [0, 0.05) is 18.7 Å². The van der Waals surface area contributed by atoms with Crippen molar-refractivity contribution in [3.8, 4) is 5.75 Å². The Hall–Kier alpha value is -2.62. The van der Waals surface area contributed by atoms with Gasteiger partial charge < -0.3 is 9.30 Å². The van der Waals surface area contributed by atoms with E-state index in [4.69, 9.17) is 4.74 Å².